The molecule has 7 heteroatoms. The zero-order valence-electron chi connectivity index (χ0n) is 12.8. The maximum absolute atomic E-state index is 12.8. The van der Waals surface area contributed by atoms with Gasteiger partial charge in [-0.25, -0.2) is 0 Å². The minimum atomic E-state index is -0.935. The van der Waals surface area contributed by atoms with Gasteiger partial charge in [-0.2, -0.15) is 0 Å². The van der Waals surface area contributed by atoms with Crippen molar-refractivity contribution in [1.82, 2.24) is 0 Å². The Balaban J connectivity index is 1.95. The van der Waals surface area contributed by atoms with E-state index in [1.165, 1.54) is 12.1 Å². The molecule has 1 atom stereocenters. The first-order chi connectivity index (χ1) is 12.0. The second-order valence-corrected chi connectivity index (χ2v) is 5.79. The first-order valence-corrected chi connectivity index (χ1v) is 7.53. The van der Waals surface area contributed by atoms with E-state index in [0.29, 0.717) is 0 Å². The molecule has 0 aromatic heterocycles. The molecular formula is C18H12O7. The Hall–Kier alpha value is -3.19. The summed E-state index contributed by atoms with van der Waals surface area (Å²) in [4.78, 5) is 36.0. The van der Waals surface area contributed by atoms with Crippen LogP contribution in [0.2, 0.25) is 0 Å². The number of rotatable bonds is 2. The van der Waals surface area contributed by atoms with E-state index < -0.39 is 23.6 Å². The molecule has 0 saturated carbocycles. The van der Waals surface area contributed by atoms with Crippen molar-refractivity contribution in [3.05, 3.63) is 57.6 Å². The van der Waals surface area contributed by atoms with Gasteiger partial charge in [0.15, 0.2) is 11.6 Å². The van der Waals surface area contributed by atoms with Crippen LogP contribution < -0.4 is 0 Å². The summed E-state index contributed by atoms with van der Waals surface area (Å²) in [5.41, 5.74) is 0.332. The first-order valence-electron chi connectivity index (χ1n) is 7.53. The van der Waals surface area contributed by atoms with Gasteiger partial charge in [0.1, 0.15) is 11.5 Å². The molecule has 2 aromatic rings. The van der Waals surface area contributed by atoms with E-state index >= 15 is 0 Å². The van der Waals surface area contributed by atoms with Crippen molar-refractivity contribution < 1.29 is 34.1 Å². The minimum Gasteiger partial charge on any atom is -0.507 e. The summed E-state index contributed by atoms with van der Waals surface area (Å²) in [5, 5.41) is 21.2. The van der Waals surface area contributed by atoms with Crippen molar-refractivity contribution in [2.24, 2.45) is 0 Å². The quantitative estimate of drug-likeness (QED) is 0.536. The number of hydrogen-bond donors (Lipinski definition) is 2. The molecule has 2 aromatic carbocycles. The number of carbonyl (C=O) groups is 3. The lowest BCUT2D eigenvalue weighted by Crippen LogP contribution is -2.28. The molecule has 0 fully saturated rings. The average Bonchev–Trinajstić information content (AvgIpc) is 2.63. The van der Waals surface area contributed by atoms with Crippen LogP contribution in [0.4, 0.5) is 0 Å². The lowest BCUT2D eigenvalue weighted by Gasteiger charge is -2.28. The van der Waals surface area contributed by atoms with E-state index in [1.807, 2.05) is 0 Å². The Morgan fingerprint density at radius 2 is 1.56 bits per heavy atom. The smallest absolute Gasteiger partial charge is 0.295 e. The lowest BCUT2D eigenvalue weighted by molar-refractivity contribution is -0.169. The number of fused-ring (bicyclic) bond motifs is 3. The Morgan fingerprint density at radius 3 is 2.12 bits per heavy atom. The van der Waals surface area contributed by atoms with Gasteiger partial charge in [0.2, 0.25) is 6.29 Å². The summed E-state index contributed by atoms with van der Waals surface area (Å²) in [6.07, 6.45) is -0.973. The highest BCUT2D eigenvalue weighted by Crippen LogP contribution is 2.45. The van der Waals surface area contributed by atoms with E-state index in [4.69, 9.17) is 9.47 Å². The van der Waals surface area contributed by atoms with Crippen LogP contribution in [0, 0.1) is 0 Å². The summed E-state index contributed by atoms with van der Waals surface area (Å²) < 4.78 is 10.0. The molecule has 2 aliphatic rings. The van der Waals surface area contributed by atoms with Crippen LogP contribution in [-0.2, 0) is 27.3 Å². The molecule has 1 unspecified atom stereocenters. The van der Waals surface area contributed by atoms with E-state index in [1.54, 1.807) is 12.1 Å². The van der Waals surface area contributed by atoms with Gasteiger partial charge in [-0.15, -0.1) is 0 Å². The van der Waals surface area contributed by atoms with Crippen LogP contribution in [0.1, 0.15) is 43.0 Å². The van der Waals surface area contributed by atoms with Crippen LogP contribution in [-0.4, -0.2) is 34.5 Å². The van der Waals surface area contributed by atoms with E-state index in [9.17, 15) is 24.6 Å². The number of ketones is 2. The predicted molar refractivity (Wildman–Crippen MR) is 82.5 cm³/mol. The minimum absolute atomic E-state index is 0.0378. The molecule has 0 saturated heterocycles. The zero-order valence-corrected chi connectivity index (χ0v) is 12.8. The summed E-state index contributed by atoms with van der Waals surface area (Å²) in [7, 11) is 0. The van der Waals surface area contributed by atoms with Crippen LogP contribution in [0.15, 0.2) is 24.3 Å². The van der Waals surface area contributed by atoms with Gasteiger partial charge in [-0.1, -0.05) is 24.3 Å². The number of carbonyl (C=O) groups excluding carboxylic acids is 3. The van der Waals surface area contributed by atoms with Gasteiger partial charge in [0, 0.05) is 28.7 Å². The number of aromatic hydroxyl groups is 2. The van der Waals surface area contributed by atoms with Crippen LogP contribution >= 0.6 is 0 Å². The zero-order chi connectivity index (χ0) is 17.7. The van der Waals surface area contributed by atoms with Crippen molar-refractivity contribution in [1.29, 1.82) is 0 Å². The first kappa shape index (κ1) is 15.3. The molecule has 0 radical (unpaired) electrons. The number of ether oxygens (including phenoxy) is 2. The maximum atomic E-state index is 12.8. The standard InChI is InChI=1S/C18H12O7/c19-7-25-12-5-10-11(6-24-12)18(23)14-13(17(10)22)15(20)8-3-1-2-4-9(8)16(14)21/h1-4,7,12,22-23H,5-6H2. The molecule has 1 heterocycles. The average molecular weight is 340 g/mol. The summed E-state index contributed by atoms with van der Waals surface area (Å²) >= 11 is 0. The second-order valence-electron chi connectivity index (χ2n) is 5.79. The number of phenolic OH excluding ortho intramolecular Hbond substituents is 2. The highest BCUT2D eigenvalue weighted by atomic mass is 16.7. The lowest BCUT2D eigenvalue weighted by atomic mass is 9.80. The Labute approximate surface area is 141 Å². The van der Waals surface area contributed by atoms with Crippen LogP contribution in [0.3, 0.4) is 0 Å². The van der Waals surface area contributed by atoms with Crippen LogP contribution in [0.25, 0.3) is 0 Å². The molecule has 0 bridgehead atoms. The molecule has 126 valence electrons. The fraction of sp³-hybridized carbons (Fsp3) is 0.167. The van der Waals surface area contributed by atoms with Gasteiger partial charge in [-0.3, -0.25) is 14.4 Å². The van der Waals surface area contributed by atoms with Gasteiger partial charge >= 0.3 is 0 Å². The third-order valence-corrected chi connectivity index (χ3v) is 4.52. The molecule has 1 aliphatic heterocycles. The van der Waals surface area contributed by atoms with Gasteiger partial charge in [-0.05, 0) is 0 Å². The molecule has 25 heavy (non-hydrogen) atoms. The summed E-state index contributed by atoms with van der Waals surface area (Å²) in [6, 6.07) is 6.23. The SMILES string of the molecule is O=COC1Cc2c(O)c3c(c(O)c2CO1)C(=O)c1ccccc1C3=O. The molecule has 4 rings (SSSR count). The monoisotopic (exact) mass is 340 g/mol. The molecule has 1 aliphatic carbocycles. The Bertz CT molecular complexity index is 945. The van der Waals surface area contributed by atoms with E-state index in [0.717, 1.165) is 0 Å². The number of benzene rings is 2. The highest BCUT2D eigenvalue weighted by Gasteiger charge is 2.39. The van der Waals surface area contributed by atoms with E-state index in [-0.39, 0.29) is 58.6 Å². The number of hydrogen-bond acceptors (Lipinski definition) is 7. The summed E-state index contributed by atoms with van der Waals surface area (Å²) in [5.74, 6) is -1.86. The molecule has 7 nitrogen and oxygen atoms in total. The fourth-order valence-corrected chi connectivity index (χ4v) is 3.34. The second kappa shape index (κ2) is 5.42. The van der Waals surface area contributed by atoms with Crippen molar-refractivity contribution >= 4 is 18.0 Å². The van der Waals surface area contributed by atoms with Crippen molar-refractivity contribution in [3.8, 4) is 11.5 Å². The van der Waals surface area contributed by atoms with Gasteiger partial charge in [0.25, 0.3) is 6.47 Å². The Kier molecular flexibility index (Phi) is 3.33. The molecule has 0 spiro atoms. The maximum Gasteiger partial charge on any atom is 0.295 e. The fourth-order valence-electron chi connectivity index (χ4n) is 3.34. The summed E-state index contributed by atoms with van der Waals surface area (Å²) in [6.45, 7) is 0.0551. The van der Waals surface area contributed by atoms with E-state index in [2.05, 4.69) is 0 Å². The third-order valence-electron chi connectivity index (χ3n) is 4.52. The van der Waals surface area contributed by atoms with Crippen molar-refractivity contribution in [2.75, 3.05) is 0 Å². The molecule has 2 N–H and O–H groups in total. The predicted octanol–water partition coefficient (Wildman–Crippen LogP) is 1.45. The third kappa shape index (κ3) is 2.06. The van der Waals surface area contributed by atoms with Crippen molar-refractivity contribution in [3.63, 3.8) is 0 Å². The van der Waals surface area contributed by atoms with Gasteiger partial charge < -0.3 is 19.7 Å². The number of phenols is 2. The topological polar surface area (TPSA) is 110 Å². The van der Waals surface area contributed by atoms with Crippen LogP contribution in [0.5, 0.6) is 11.5 Å². The van der Waals surface area contributed by atoms with Gasteiger partial charge in [0.05, 0.1) is 17.7 Å². The molecule has 0 amide bonds. The normalized spacial score (nSPS) is 18.2. The van der Waals surface area contributed by atoms with Crippen molar-refractivity contribution in [2.45, 2.75) is 19.3 Å². The Morgan fingerprint density at radius 1 is 1.00 bits per heavy atom. The molecular weight excluding hydrogens is 328 g/mol. The largest absolute Gasteiger partial charge is 0.507 e. The highest BCUT2D eigenvalue weighted by molar-refractivity contribution is 6.30.